The fourth-order valence-electron chi connectivity index (χ4n) is 2.31. The van der Waals surface area contributed by atoms with Gasteiger partial charge in [0.1, 0.15) is 0 Å². The van der Waals surface area contributed by atoms with Crippen LogP contribution in [0.2, 0.25) is 0 Å². The van der Waals surface area contributed by atoms with Gasteiger partial charge in [-0.2, -0.15) is 0 Å². The lowest BCUT2D eigenvalue weighted by molar-refractivity contribution is 0.399. The quantitative estimate of drug-likeness (QED) is 0.786. The first-order valence-electron chi connectivity index (χ1n) is 6.83. The molecule has 2 atom stereocenters. The summed E-state index contributed by atoms with van der Waals surface area (Å²) in [6.45, 7) is 12.3. The van der Waals surface area contributed by atoms with Gasteiger partial charge in [0, 0.05) is 6.04 Å². The molecule has 17 heavy (non-hydrogen) atoms. The Morgan fingerprint density at radius 3 is 2.18 bits per heavy atom. The summed E-state index contributed by atoms with van der Waals surface area (Å²) >= 11 is 0. The number of hydrogen-bond acceptors (Lipinski definition) is 1. The molecule has 0 aromatic heterocycles. The standard InChI is InChI=1S/C16H27N/c1-6-7-17-15(5)14(4)11-16-9-12(2)8-13(3)10-16/h8-10,14-15,17H,6-7,11H2,1-5H3. The molecule has 0 aliphatic rings. The molecule has 96 valence electrons. The third-order valence-corrected chi connectivity index (χ3v) is 3.41. The summed E-state index contributed by atoms with van der Waals surface area (Å²) < 4.78 is 0. The average molecular weight is 233 g/mol. The highest BCUT2D eigenvalue weighted by Crippen LogP contribution is 2.15. The highest BCUT2D eigenvalue weighted by atomic mass is 14.9. The summed E-state index contributed by atoms with van der Waals surface area (Å²) in [6.07, 6.45) is 2.38. The second-order valence-electron chi connectivity index (χ2n) is 5.42. The zero-order chi connectivity index (χ0) is 12.8. The molecule has 0 fully saturated rings. The zero-order valence-corrected chi connectivity index (χ0v) is 12.0. The van der Waals surface area contributed by atoms with Crippen LogP contribution in [-0.4, -0.2) is 12.6 Å². The minimum absolute atomic E-state index is 0.593. The SMILES string of the molecule is CCCNC(C)C(C)Cc1cc(C)cc(C)c1. The summed E-state index contributed by atoms with van der Waals surface area (Å²) in [5.41, 5.74) is 4.22. The van der Waals surface area contributed by atoms with E-state index in [0.29, 0.717) is 12.0 Å². The lowest BCUT2D eigenvalue weighted by Crippen LogP contribution is -2.33. The van der Waals surface area contributed by atoms with Crippen LogP contribution in [0.4, 0.5) is 0 Å². The van der Waals surface area contributed by atoms with Crippen LogP contribution in [0.25, 0.3) is 0 Å². The molecule has 0 radical (unpaired) electrons. The van der Waals surface area contributed by atoms with E-state index in [2.05, 4.69) is 58.1 Å². The fraction of sp³-hybridized carbons (Fsp3) is 0.625. The van der Waals surface area contributed by atoms with Crippen molar-refractivity contribution < 1.29 is 0 Å². The molecule has 0 amide bonds. The topological polar surface area (TPSA) is 12.0 Å². The Kier molecular flexibility index (Phi) is 5.70. The summed E-state index contributed by atoms with van der Waals surface area (Å²) in [5.74, 6) is 0.683. The van der Waals surface area contributed by atoms with Crippen molar-refractivity contribution in [1.29, 1.82) is 0 Å². The van der Waals surface area contributed by atoms with Gasteiger partial charge < -0.3 is 5.32 Å². The first kappa shape index (κ1) is 14.2. The van der Waals surface area contributed by atoms with Crippen molar-refractivity contribution in [2.45, 2.75) is 53.5 Å². The van der Waals surface area contributed by atoms with Crippen LogP contribution in [0.5, 0.6) is 0 Å². The Labute approximate surface area is 107 Å². The van der Waals surface area contributed by atoms with Gasteiger partial charge in [0.2, 0.25) is 0 Å². The van der Waals surface area contributed by atoms with E-state index in [1.807, 2.05) is 0 Å². The molecule has 1 aromatic rings. The number of rotatable bonds is 6. The summed E-state index contributed by atoms with van der Waals surface area (Å²) in [6, 6.07) is 7.47. The van der Waals surface area contributed by atoms with Gasteiger partial charge in [-0.3, -0.25) is 0 Å². The second-order valence-corrected chi connectivity index (χ2v) is 5.42. The number of aryl methyl sites for hydroxylation is 2. The lowest BCUT2D eigenvalue weighted by Gasteiger charge is -2.21. The van der Waals surface area contributed by atoms with E-state index < -0.39 is 0 Å². The van der Waals surface area contributed by atoms with E-state index in [1.54, 1.807) is 0 Å². The highest BCUT2D eigenvalue weighted by molar-refractivity contribution is 5.28. The molecule has 1 nitrogen and oxygen atoms in total. The fourth-order valence-corrected chi connectivity index (χ4v) is 2.31. The Morgan fingerprint density at radius 1 is 1.06 bits per heavy atom. The second kappa shape index (κ2) is 6.80. The summed E-state index contributed by atoms with van der Waals surface area (Å²) in [5, 5.41) is 3.58. The van der Waals surface area contributed by atoms with Crippen LogP contribution in [0.1, 0.15) is 43.9 Å². The van der Waals surface area contributed by atoms with Crippen molar-refractivity contribution in [3.63, 3.8) is 0 Å². The molecule has 0 saturated heterocycles. The van der Waals surface area contributed by atoms with Gasteiger partial charge in [-0.15, -0.1) is 0 Å². The van der Waals surface area contributed by atoms with Gasteiger partial charge in [-0.25, -0.2) is 0 Å². The van der Waals surface area contributed by atoms with E-state index >= 15 is 0 Å². The van der Waals surface area contributed by atoms with Crippen LogP contribution < -0.4 is 5.32 Å². The van der Waals surface area contributed by atoms with Crippen molar-refractivity contribution in [2.75, 3.05) is 6.54 Å². The Bertz CT molecular complexity index is 323. The molecule has 1 rings (SSSR count). The molecule has 0 spiro atoms. The van der Waals surface area contributed by atoms with Crippen molar-refractivity contribution in [3.8, 4) is 0 Å². The van der Waals surface area contributed by atoms with E-state index in [0.717, 1.165) is 6.54 Å². The predicted molar refractivity (Wildman–Crippen MR) is 76.5 cm³/mol. The molecule has 2 unspecified atom stereocenters. The smallest absolute Gasteiger partial charge is 0.00675 e. The van der Waals surface area contributed by atoms with Gasteiger partial charge in [-0.05, 0) is 51.6 Å². The maximum atomic E-state index is 3.58. The van der Waals surface area contributed by atoms with Crippen molar-refractivity contribution in [1.82, 2.24) is 5.32 Å². The number of benzene rings is 1. The molecule has 0 heterocycles. The number of nitrogens with one attached hydrogen (secondary N) is 1. The first-order chi connectivity index (χ1) is 8.02. The zero-order valence-electron chi connectivity index (χ0n) is 12.0. The van der Waals surface area contributed by atoms with E-state index in [1.165, 1.54) is 29.5 Å². The van der Waals surface area contributed by atoms with Crippen molar-refractivity contribution in [2.24, 2.45) is 5.92 Å². The molecule has 1 aromatic carbocycles. The Morgan fingerprint density at radius 2 is 1.65 bits per heavy atom. The van der Waals surface area contributed by atoms with Gasteiger partial charge >= 0.3 is 0 Å². The van der Waals surface area contributed by atoms with Gasteiger partial charge in [-0.1, -0.05) is 43.2 Å². The van der Waals surface area contributed by atoms with E-state index in [9.17, 15) is 0 Å². The van der Waals surface area contributed by atoms with Gasteiger partial charge in [0.05, 0.1) is 0 Å². The molecule has 0 saturated carbocycles. The Balaban J connectivity index is 2.57. The molecule has 0 aliphatic heterocycles. The highest BCUT2D eigenvalue weighted by Gasteiger charge is 2.12. The van der Waals surface area contributed by atoms with Crippen molar-refractivity contribution in [3.05, 3.63) is 34.9 Å². The summed E-state index contributed by atoms with van der Waals surface area (Å²) in [4.78, 5) is 0. The third kappa shape index (κ3) is 4.91. The minimum Gasteiger partial charge on any atom is -0.314 e. The minimum atomic E-state index is 0.593. The monoisotopic (exact) mass is 233 g/mol. The van der Waals surface area contributed by atoms with Crippen LogP contribution >= 0.6 is 0 Å². The molecule has 0 aliphatic carbocycles. The maximum absolute atomic E-state index is 3.58. The molecule has 1 N–H and O–H groups in total. The molecule has 1 heteroatoms. The average Bonchev–Trinajstić information content (AvgIpc) is 2.24. The van der Waals surface area contributed by atoms with Gasteiger partial charge in [0.15, 0.2) is 0 Å². The number of hydrogen-bond donors (Lipinski definition) is 1. The van der Waals surface area contributed by atoms with E-state index in [4.69, 9.17) is 0 Å². The van der Waals surface area contributed by atoms with Crippen LogP contribution in [0.15, 0.2) is 18.2 Å². The summed E-state index contributed by atoms with van der Waals surface area (Å²) in [7, 11) is 0. The molecule has 0 bridgehead atoms. The van der Waals surface area contributed by atoms with Crippen LogP contribution in [0.3, 0.4) is 0 Å². The molecular weight excluding hydrogens is 206 g/mol. The first-order valence-corrected chi connectivity index (χ1v) is 6.83. The Hall–Kier alpha value is -0.820. The van der Waals surface area contributed by atoms with E-state index in [-0.39, 0.29) is 0 Å². The van der Waals surface area contributed by atoms with Crippen LogP contribution in [-0.2, 0) is 6.42 Å². The normalized spacial score (nSPS) is 14.6. The largest absolute Gasteiger partial charge is 0.314 e. The lowest BCUT2D eigenvalue weighted by atomic mass is 9.93. The maximum Gasteiger partial charge on any atom is 0.00675 e. The van der Waals surface area contributed by atoms with Gasteiger partial charge in [0.25, 0.3) is 0 Å². The predicted octanol–water partition coefficient (Wildman–Crippen LogP) is 3.87. The van der Waals surface area contributed by atoms with Crippen LogP contribution in [0, 0.1) is 19.8 Å². The third-order valence-electron chi connectivity index (χ3n) is 3.41. The molecular formula is C16H27N. The van der Waals surface area contributed by atoms with Crippen molar-refractivity contribution >= 4 is 0 Å².